The molecule has 26 heavy (non-hydrogen) atoms. The lowest BCUT2D eigenvalue weighted by atomic mass is 9.91. The van der Waals surface area contributed by atoms with Crippen molar-refractivity contribution in [2.75, 3.05) is 27.3 Å². The van der Waals surface area contributed by atoms with Crippen LogP contribution < -0.4 is 20.1 Å². The molecular formula is C20H29N3O2S. The van der Waals surface area contributed by atoms with E-state index in [2.05, 4.69) is 48.9 Å². The molecule has 2 rings (SSSR count). The smallest absolute Gasteiger partial charge is 0.191 e. The molecule has 5 nitrogen and oxygen atoms in total. The van der Waals surface area contributed by atoms with Crippen LogP contribution in [0.4, 0.5) is 0 Å². The molecule has 0 saturated carbocycles. The zero-order chi connectivity index (χ0) is 19.0. The maximum atomic E-state index is 5.49. The highest BCUT2D eigenvalue weighted by Crippen LogP contribution is 2.31. The van der Waals surface area contributed by atoms with Gasteiger partial charge in [-0.25, -0.2) is 4.99 Å². The highest BCUT2D eigenvalue weighted by atomic mass is 32.1. The molecule has 0 fully saturated rings. The molecule has 0 radical (unpaired) electrons. The summed E-state index contributed by atoms with van der Waals surface area (Å²) in [6, 6.07) is 10.1. The van der Waals surface area contributed by atoms with Gasteiger partial charge < -0.3 is 20.1 Å². The van der Waals surface area contributed by atoms with Crippen LogP contribution >= 0.6 is 11.3 Å². The van der Waals surface area contributed by atoms with E-state index in [-0.39, 0.29) is 5.41 Å². The molecule has 0 spiro atoms. The molecule has 0 amide bonds. The molecule has 0 unspecified atom stereocenters. The molecule has 1 aromatic heterocycles. The van der Waals surface area contributed by atoms with Gasteiger partial charge in [-0.3, -0.25) is 0 Å². The maximum Gasteiger partial charge on any atom is 0.191 e. The van der Waals surface area contributed by atoms with E-state index in [0.717, 1.165) is 36.1 Å². The van der Waals surface area contributed by atoms with Crippen molar-refractivity contribution in [2.24, 2.45) is 4.99 Å². The van der Waals surface area contributed by atoms with Crippen LogP contribution in [0.25, 0.3) is 0 Å². The van der Waals surface area contributed by atoms with Gasteiger partial charge in [-0.2, -0.15) is 0 Å². The van der Waals surface area contributed by atoms with E-state index in [0.29, 0.717) is 6.54 Å². The number of hydrogen-bond donors (Lipinski definition) is 2. The summed E-state index contributed by atoms with van der Waals surface area (Å²) in [5.74, 6) is 2.24. The molecule has 142 valence electrons. The van der Waals surface area contributed by atoms with Gasteiger partial charge in [0, 0.05) is 28.9 Å². The Morgan fingerprint density at radius 1 is 1.12 bits per heavy atom. The normalized spacial score (nSPS) is 12.0. The molecular weight excluding hydrogens is 346 g/mol. The predicted octanol–water partition coefficient (Wildman–Crippen LogP) is 3.80. The minimum atomic E-state index is 0.0397. The first-order valence-corrected chi connectivity index (χ1v) is 9.65. The Labute approximate surface area is 160 Å². The number of benzene rings is 1. The van der Waals surface area contributed by atoms with Crippen molar-refractivity contribution < 1.29 is 9.47 Å². The molecule has 0 aliphatic heterocycles. The van der Waals surface area contributed by atoms with Crippen LogP contribution in [0.1, 0.15) is 31.2 Å². The molecule has 0 aliphatic rings. The third kappa shape index (κ3) is 5.14. The second kappa shape index (κ2) is 9.48. The SMILES string of the molecule is CCNC(=NCc1cccc(OC)c1OC)NCC(C)(C)c1cccs1. The number of para-hydroxylation sites is 1. The highest BCUT2D eigenvalue weighted by molar-refractivity contribution is 7.10. The molecule has 1 aromatic carbocycles. The average molecular weight is 376 g/mol. The topological polar surface area (TPSA) is 54.9 Å². The van der Waals surface area contributed by atoms with Crippen LogP contribution in [0, 0.1) is 0 Å². The van der Waals surface area contributed by atoms with Gasteiger partial charge >= 0.3 is 0 Å². The first-order chi connectivity index (χ1) is 12.5. The van der Waals surface area contributed by atoms with Gasteiger partial charge in [-0.05, 0) is 24.4 Å². The second-order valence-corrected chi connectivity index (χ2v) is 7.51. The van der Waals surface area contributed by atoms with Crippen molar-refractivity contribution in [2.45, 2.75) is 32.7 Å². The zero-order valence-corrected chi connectivity index (χ0v) is 17.1. The summed E-state index contributed by atoms with van der Waals surface area (Å²) < 4.78 is 10.9. The summed E-state index contributed by atoms with van der Waals surface area (Å²) in [5.41, 5.74) is 1.03. The lowest BCUT2D eigenvalue weighted by Gasteiger charge is -2.25. The minimum Gasteiger partial charge on any atom is -0.493 e. The fourth-order valence-electron chi connectivity index (χ4n) is 2.64. The fraction of sp³-hybridized carbons (Fsp3) is 0.450. The number of nitrogens with zero attached hydrogens (tertiary/aromatic N) is 1. The largest absolute Gasteiger partial charge is 0.493 e. The summed E-state index contributed by atoms with van der Waals surface area (Å²) in [6.45, 7) is 8.65. The van der Waals surface area contributed by atoms with Crippen LogP contribution in [0.15, 0.2) is 40.7 Å². The van der Waals surface area contributed by atoms with Crippen molar-refractivity contribution in [1.29, 1.82) is 0 Å². The first kappa shape index (κ1) is 20.1. The summed E-state index contributed by atoms with van der Waals surface area (Å²) in [6.07, 6.45) is 0. The van der Waals surface area contributed by atoms with Crippen molar-refractivity contribution in [3.8, 4) is 11.5 Å². The predicted molar refractivity (Wildman–Crippen MR) is 110 cm³/mol. The second-order valence-electron chi connectivity index (χ2n) is 6.56. The number of rotatable bonds is 8. The number of ether oxygens (including phenoxy) is 2. The van der Waals surface area contributed by atoms with Gasteiger partial charge in [0.05, 0.1) is 20.8 Å². The maximum absolute atomic E-state index is 5.49. The monoisotopic (exact) mass is 375 g/mol. The van der Waals surface area contributed by atoms with E-state index in [1.165, 1.54) is 4.88 Å². The molecule has 1 heterocycles. The number of guanidine groups is 1. The number of hydrogen-bond acceptors (Lipinski definition) is 4. The fourth-order valence-corrected chi connectivity index (χ4v) is 3.49. The van der Waals surface area contributed by atoms with Crippen molar-refractivity contribution in [3.05, 3.63) is 46.2 Å². The highest BCUT2D eigenvalue weighted by Gasteiger charge is 2.22. The van der Waals surface area contributed by atoms with E-state index in [1.54, 1.807) is 25.6 Å². The van der Waals surface area contributed by atoms with Crippen LogP contribution in [-0.2, 0) is 12.0 Å². The third-order valence-corrected chi connectivity index (χ3v) is 5.36. The van der Waals surface area contributed by atoms with Crippen LogP contribution in [-0.4, -0.2) is 33.3 Å². The van der Waals surface area contributed by atoms with Crippen LogP contribution in [0.5, 0.6) is 11.5 Å². The van der Waals surface area contributed by atoms with Gasteiger partial charge in [-0.15, -0.1) is 11.3 Å². The van der Waals surface area contributed by atoms with Gasteiger partial charge in [0.1, 0.15) is 0 Å². The van der Waals surface area contributed by atoms with Gasteiger partial charge in [0.25, 0.3) is 0 Å². The van der Waals surface area contributed by atoms with Crippen molar-refractivity contribution in [1.82, 2.24) is 10.6 Å². The van der Waals surface area contributed by atoms with Gasteiger partial charge in [0.15, 0.2) is 17.5 Å². The quantitative estimate of drug-likeness (QED) is 0.544. The minimum absolute atomic E-state index is 0.0397. The lowest BCUT2D eigenvalue weighted by Crippen LogP contribution is -2.43. The number of nitrogens with one attached hydrogen (secondary N) is 2. The zero-order valence-electron chi connectivity index (χ0n) is 16.3. The molecule has 6 heteroatoms. The third-order valence-electron chi connectivity index (χ3n) is 4.12. The Morgan fingerprint density at radius 3 is 2.54 bits per heavy atom. The van der Waals surface area contributed by atoms with E-state index in [9.17, 15) is 0 Å². The molecule has 0 aliphatic carbocycles. The van der Waals surface area contributed by atoms with Crippen molar-refractivity contribution in [3.63, 3.8) is 0 Å². The Morgan fingerprint density at radius 2 is 1.92 bits per heavy atom. The van der Waals surface area contributed by atoms with Crippen LogP contribution in [0.3, 0.4) is 0 Å². The van der Waals surface area contributed by atoms with E-state index < -0.39 is 0 Å². The molecule has 0 saturated heterocycles. The Kier molecular flexibility index (Phi) is 7.33. The summed E-state index contributed by atoms with van der Waals surface area (Å²) >= 11 is 1.78. The molecule has 0 bridgehead atoms. The molecule has 0 atom stereocenters. The lowest BCUT2D eigenvalue weighted by molar-refractivity contribution is 0.352. The van der Waals surface area contributed by atoms with Crippen molar-refractivity contribution >= 4 is 17.3 Å². The number of thiophene rings is 1. The summed E-state index contributed by atoms with van der Waals surface area (Å²) in [7, 11) is 3.29. The van der Waals surface area contributed by atoms with Gasteiger partial charge in [0.2, 0.25) is 0 Å². The van der Waals surface area contributed by atoms with E-state index in [1.807, 2.05) is 18.2 Å². The molecule has 2 N–H and O–H groups in total. The molecule has 2 aromatic rings. The first-order valence-electron chi connectivity index (χ1n) is 8.78. The van der Waals surface area contributed by atoms with Gasteiger partial charge in [-0.1, -0.05) is 32.0 Å². The van der Waals surface area contributed by atoms with Crippen LogP contribution in [0.2, 0.25) is 0 Å². The Hall–Kier alpha value is -2.21. The average Bonchev–Trinajstić information content (AvgIpc) is 3.19. The Bertz CT molecular complexity index is 712. The number of aliphatic imine (C=N–C) groups is 1. The standard InChI is InChI=1S/C20H29N3O2S/c1-6-21-19(23-14-20(2,3)17-11-8-12-26-17)22-13-15-9-7-10-16(24-4)18(15)25-5/h7-12H,6,13-14H2,1-5H3,(H2,21,22,23). The summed E-state index contributed by atoms with van der Waals surface area (Å²) in [4.78, 5) is 6.07. The number of methoxy groups -OCH3 is 2. The Balaban J connectivity index is 2.10. The van der Waals surface area contributed by atoms with E-state index in [4.69, 9.17) is 14.5 Å². The van der Waals surface area contributed by atoms with E-state index >= 15 is 0 Å². The summed E-state index contributed by atoms with van der Waals surface area (Å²) in [5, 5.41) is 8.88.